The fourth-order valence-electron chi connectivity index (χ4n) is 1.90. The molecule has 2 aromatic heterocycles. The van der Waals surface area contributed by atoms with Gasteiger partial charge in [0.15, 0.2) is 5.82 Å². The highest BCUT2D eigenvalue weighted by Gasteiger charge is 2.12. The van der Waals surface area contributed by atoms with Crippen LogP contribution in [0.25, 0.3) is 22.5 Å². The molecule has 0 unspecified atom stereocenters. The molecule has 4 heteroatoms. The van der Waals surface area contributed by atoms with Gasteiger partial charge in [0.25, 0.3) is 5.89 Å². The van der Waals surface area contributed by atoms with E-state index in [1.165, 1.54) is 5.39 Å². The molecule has 0 saturated carbocycles. The van der Waals surface area contributed by atoms with Gasteiger partial charge in [-0.3, -0.25) is 0 Å². The summed E-state index contributed by atoms with van der Waals surface area (Å²) in [6.45, 7) is 1.82. The van der Waals surface area contributed by atoms with Gasteiger partial charge in [-0.1, -0.05) is 23.4 Å². The van der Waals surface area contributed by atoms with Crippen LogP contribution in [-0.2, 0) is 7.05 Å². The highest BCUT2D eigenvalue weighted by molar-refractivity contribution is 5.85. The lowest BCUT2D eigenvalue weighted by atomic mass is 10.2. The summed E-state index contributed by atoms with van der Waals surface area (Å²) in [4.78, 5) is 4.24. The van der Waals surface area contributed by atoms with Crippen LogP contribution in [0.15, 0.2) is 34.9 Å². The molecule has 0 amide bonds. The number of hydrogen-bond donors (Lipinski definition) is 0. The van der Waals surface area contributed by atoms with Gasteiger partial charge in [-0.2, -0.15) is 4.98 Å². The van der Waals surface area contributed by atoms with Crippen LogP contribution in [0.3, 0.4) is 0 Å². The monoisotopic (exact) mass is 213 g/mol. The van der Waals surface area contributed by atoms with Crippen molar-refractivity contribution >= 4 is 10.9 Å². The minimum Gasteiger partial charge on any atom is -0.340 e. The number of aromatic nitrogens is 3. The van der Waals surface area contributed by atoms with Crippen LogP contribution >= 0.6 is 0 Å². The second-order valence-electron chi connectivity index (χ2n) is 3.79. The third-order valence-electron chi connectivity index (χ3n) is 2.70. The molecule has 0 atom stereocenters. The van der Waals surface area contributed by atoms with Crippen molar-refractivity contribution in [1.29, 1.82) is 0 Å². The largest absolute Gasteiger partial charge is 0.340 e. The maximum absolute atomic E-state index is 5.18. The molecule has 0 N–H and O–H groups in total. The minimum atomic E-state index is 0.566. The average molecular weight is 213 g/mol. The Morgan fingerprint density at radius 2 is 2.06 bits per heavy atom. The van der Waals surface area contributed by atoms with E-state index in [1.807, 2.05) is 26.1 Å². The van der Waals surface area contributed by atoms with Gasteiger partial charge in [-0.05, 0) is 19.1 Å². The van der Waals surface area contributed by atoms with Gasteiger partial charge in [0.1, 0.15) is 5.69 Å². The summed E-state index contributed by atoms with van der Waals surface area (Å²) >= 11 is 0. The zero-order valence-electron chi connectivity index (χ0n) is 9.14. The molecule has 0 aliphatic carbocycles. The fourth-order valence-corrected chi connectivity index (χ4v) is 1.90. The average Bonchev–Trinajstić information content (AvgIpc) is 2.84. The zero-order valence-corrected chi connectivity index (χ0v) is 9.14. The lowest BCUT2D eigenvalue weighted by Gasteiger charge is -1.98. The maximum Gasteiger partial charge on any atom is 0.274 e. The van der Waals surface area contributed by atoms with Crippen molar-refractivity contribution < 1.29 is 4.52 Å². The second-order valence-corrected chi connectivity index (χ2v) is 3.79. The number of para-hydroxylation sites is 1. The molecular formula is C12H11N3O. The predicted octanol–water partition coefficient (Wildman–Crippen LogP) is 2.54. The Bertz CT molecular complexity index is 651. The first-order valence-electron chi connectivity index (χ1n) is 5.11. The van der Waals surface area contributed by atoms with Crippen molar-refractivity contribution in [3.05, 3.63) is 36.2 Å². The number of nitrogens with zero attached hydrogens (tertiary/aromatic N) is 3. The van der Waals surface area contributed by atoms with Crippen LogP contribution in [0.4, 0.5) is 0 Å². The van der Waals surface area contributed by atoms with E-state index in [1.54, 1.807) is 0 Å². The van der Waals surface area contributed by atoms with Crippen LogP contribution < -0.4 is 0 Å². The number of aryl methyl sites for hydroxylation is 2. The van der Waals surface area contributed by atoms with Crippen LogP contribution in [0.5, 0.6) is 0 Å². The molecule has 80 valence electrons. The Morgan fingerprint density at radius 1 is 1.25 bits per heavy atom. The highest BCUT2D eigenvalue weighted by Crippen LogP contribution is 2.25. The van der Waals surface area contributed by atoms with E-state index in [0.29, 0.717) is 11.7 Å². The van der Waals surface area contributed by atoms with Gasteiger partial charge in [0.05, 0.1) is 0 Å². The second kappa shape index (κ2) is 3.20. The topological polar surface area (TPSA) is 43.9 Å². The van der Waals surface area contributed by atoms with E-state index in [2.05, 4.69) is 32.9 Å². The van der Waals surface area contributed by atoms with Crippen molar-refractivity contribution in [2.75, 3.05) is 0 Å². The Hall–Kier alpha value is -2.10. The smallest absolute Gasteiger partial charge is 0.274 e. The first kappa shape index (κ1) is 9.15. The molecule has 0 aliphatic heterocycles. The first-order chi connectivity index (χ1) is 7.75. The SMILES string of the molecule is Cc1noc(-c2cc3ccccc3n2C)n1. The molecule has 4 nitrogen and oxygen atoms in total. The van der Waals surface area contributed by atoms with Crippen LogP contribution in [0, 0.1) is 6.92 Å². The molecule has 16 heavy (non-hydrogen) atoms. The molecule has 0 radical (unpaired) electrons. The Labute approximate surface area is 92.5 Å². The summed E-state index contributed by atoms with van der Waals surface area (Å²) in [5.41, 5.74) is 2.11. The summed E-state index contributed by atoms with van der Waals surface area (Å²) in [7, 11) is 2.00. The Morgan fingerprint density at radius 3 is 2.75 bits per heavy atom. The minimum absolute atomic E-state index is 0.566. The molecule has 2 heterocycles. The van der Waals surface area contributed by atoms with Crippen molar-refractivity contribution in [2.24, 2.45) is 7.05 Å². The third-order valence-corrected chi connectivity index (χ3v) is 2.70. The van der Waals surface area contributed by atoms with E-state index >= 15 is 0 Å². The number of rotatable bonds is 1. The summed E-state index contributed by atoms with van der Waals surface area (Å²) in [6.07, 6.45) is 0. The standard InChI is InChI=1S/C12H11N3O/c1-8-13-12(16-14-8)11-7-9-5-3-4-6-10(9)15(11)2/h3-7H,1-2H3. The van der Waals surface area contributed by atoms with E-state index in [9.17, 15) is 0 Å². The summed E-state index contributed by atoms with van der Waals surface area (Å²) in [6, 6.07) is 10.2. The van der Waals surface area contributed by atoms with E-state index in [-0.39, 0.29) is 0 Å². The van der Waals surface area contributed by atoms with Gasteiger partial charge in [0, 0.05) is 18.0 Å². The Balaban J connectivity index is 2.28. The van der Waals surface area contributed by atoms with E-state index in [4.69, 9.17) is 4.52 Å². The molecule has 0 aliphatic rings. The van der Waals surface area contributed by atoms with E-state index < -0.39 is 0 Å². The Kier molecular flexibility index (Phi) is 1.83. The van der Waals surface area contributed by atoms with Crippen LogP contribution in [0.2, 0.25) is 0 Å². The molecule has 3 rings (SSSR count). The van der Waals surface area contributed by atoms with Crippen molar-refractivity contribution in [3.8, 4) is 11.6 Å². The normalized spacial score (nSPS) is 11.1. The summed E-state index contributed by atoms with van der Waals surface area (Å²) in [5, 5.41) is 4.98. The van der Waals surface area contributed by atoms with Crippen molar-refractivity contribution in [3.63, 3.8) is 0 Å². The molecule has 0 saturated heterocycles. The molecule has 1 aromatic carbocycles. The van der Waals surface area contributed by atoms with Gasteiger partial charge in [-0.15, -0.1) is 0 Å². The molecule has 0 fully saturated rings. The number of fused-ring (bicyclic) bond motifs is 1. The molecule has 0 spiro atoms. The summed E-state index contributed by atoms with van der Waals surface area (Å²) < 4.78 is 7.24. The van der Waals surface area contributed by atoms with Crippen molar-refractivity contribution in [1.82, 2.24) is 14.7 Å². The maximum atomic E-state index is 5.18. The fraction of sp³-hybridized carbons (Fsp3) is 0.167. The molecular weight excluding hydrogens is 202 g/mol. The number of hydrogen-bond acceptors (Lipinski definition) is 3. The van der Waals surface area contributed by atoms with Gasteiger partial charge in [-0.25, -0.2) is 0 Å². The highest BCUT2D eigenvalue weighted by atomic mass is 16.5. The van der Waals surface area contributed by atoms with Gasteiger partial charge >= 0.3 is 0 Å². The quantitative estimate of drug-likeness (QED) is 0.624. The molecule has 3 aromatic rings. The third kappa shape index (κ3) is 1.23. The van der Waals surface area contributed by atoms with Crippen LogP contribution in [-0.4, -0.2) is 14.7 Å². The lowest BCUT2D eigenvalue weighted by molar-refractivity contribution is 0.423. The predicted molar refractivity (Wildman–Crippen MR) is 60.9 cm³/mol. The van der Waals surface area contributed by atoms with Crippen LogP contribution in [0.1, 0.15) is 5.82 Å². The van der Waals surface area contributed by atoms with Gasteiger partial charge in [0.2, 0.25) is 0 Å². The van der Waals surface area contributed by atoms with Gasteiger partial charge < -0.3 is 9.09 Å². The van der Waals surface area contributed by atoms with Crippen molar-refractivity contribution in [2.45, 2.75) is 6.92 Å². The first-order valence-corrected chi connectivity index (χ1v) is 5.11. The summed E-state index contributed by atoms with van der Waals surface area (Å²) in [5.74, 6) is 1.22. The zero-order chi connectivity index (χ0) is 11.1. The van der Waals surface area contributed by atoms with E-state index in [0.717, 1.165) is 11.2 Å². The number of benzene rings is 1. The molecule has 0 bridgehead atoms. The lowest BCUT2D eigenvalue weighted by Crippen LogP contribution is -1.90.